The molecule has 4 rings (SSSR count). The van der Waals surface area contributed by atoms with Gasteiger partial charge in [0.2, 0.25) is 5.91 Å². The van der Waals surface area contributed by atoms with Crippen molar-refractivity contribution in [2.24, 2.45) is 0 Å². The van der Waals surface area contributed by atoms with Crippen LogP contribution in [0, 0.1) is 0 Å². The fraction of sp³-hybridized carbons (Fsp3) is 0.158. The van der Waals surface area contributed by atoms with Gasteiger partial charge in [-0.1, -0.05) is 41.9 Å². The first-order chi connectivity index (χ1) is 12.1. The van der Waals surface area contributed by atoms with Gasteiger partial charge < -0.3 is 15.2 Å². The average molecular weight is 354 g/mol. The molecular formula is C19H16ClN3O2. The zero-order valence-electron chi connectivity index (χ0n) is 13.4. The predicted molar refractivity (Wildman–Crippen MR) is 97.7 cm³/mol. The quantitative estimate of drug-likeness (QED) is 0.743. The van der Waals surface area contributed by atoms with E-state index < -0.39 is 0 Å². The lowest BCUT2D eigenvalue weighted by Crippen LogP contribution is -2.50. The summed E-state index contributed by atoms with van der Waals surface area (Å²) in [6, 6.07) is 15.2. The summed E-state index contributed by atoms with van der Waals surface area (Å²) < 4.78 is 0. The number of halogens is 1. The molecule has 0 atom stereocenters. The summed E-state index contributed by atoms with van der Waals surface area (Å²) in [6.07, 6.45) is 0. The normalized spacial score (nSPS) is 14.6. The number of carbonyl (C=O) groups is 2. The molecular weight excluding hydrogens is 338 g/mol. The van der Waals surface area contributed by atoms with Gasteiger partial charge in [-0.15, -0.1) is 0 Å². The minimum atomic E-state index is -0.180. The predicted octanol–water partition coefficient (Wildman–Crippen LogP) is 3.06. The molecule has 25 heavy (non-hydrogen) atoms. The monoisotopic (exact) mass is 353 g/mol. The largest absolute Gasteiger partial charge is 0.353 e. The van der Waals surface area contributed by atoms with Crippen LogP contribution in [0.1, 0.15) is 10.5 Å². The van der Waals surface area contributed by atoms with Crippen LogP contribution >= 0.6 is 11.6 Å². The molecule has 0 radical (unpaired) electrons. The molecule has 1 aliphatic rings. The molecule has 1 aromatic heterocycles. The van der Waals surface area contributed by atoms with Crippen LogP contribution in [0.15, 0.2) is 48.5 Å². The SMILES string of the molecule is O=C1CN(C(=O)c2[nH]c3ccc(Cl)cc3c2-c2ccccc2)CCN1. The Balaban J connectivity index is 1.88. The van der Waals surface area contributed by atoms with Crippen molar-refractivity contribution >= 4 is 34.3 Å². The molecule has 0 saturated carbocycles. The van der Waals surface area contributed by atoms with Gasteiger partial charge in [0.05, 0.1) is 6.54 Å². The van der Waals surface area contributed by atoms with Gasteiger partial charge in [-0.3, -0.25) is 9.59 Å². The summed E-state index contributed by atoms with van der Waals surface area (Å²) in [4.78, 5) is 29.5. The Bertz CT molecular complexity index is 965. The van der Waals surface area contributed by atoms with Gasteiger partial charge in [0.25, 0.3) is 5.91 Å². The van der Waals surface area contributed by atoms with Crippen molar-refractivity contribution in [2.75, 3.05) is 19.6 Å². The Labute approximate surface area is 149 Å². The average Bonchev–Trinajstić information content (AvgIpc) is 3.00. The number of H-pyrrole nitrogens is 1. The first kappa shape index (κ1) is 15.7. The molecule has 2 amide bonds. The van der Waals surface area contributed by atoms with Crippen LogP contribution in [0.25, 0.3) is 22.0 Å². The zero-order valence-corrected chi connectivity index (χ0v) is 14.1. The van der Waals surface area contributed by atoms with Crippen LogP contribution in [-0.2, 0) is 4.79 Å². The smallest absolute Gasteiger partial charge is 0.271 e. The lowest BCUT2D eigenvalue weighted by atomic mass is 10.0. The van der Waals surface area contributed by atoms with Crippen molar-refractivity contribution in [3.05, 3.63) is 59.2 Å². The molecule has 2 aromatic carbocycles. The van der Waals surface area contributed by atoms with E-state index in [0.717, 1.165) is 22.0 Å². The highest BCUT2D eigenvalue weighted by Gasteiger charge is 2.27. The van der Waals surface area contributed by atoms with E-state index in [1.165, 1.54) is 0 Å². The number of rotatable bonds is 2. The molecule has 2 heterocycles. The fourth-order valence-electron chi connectivity index (χ4n) is 3.20. The number of hydrogen-bond acceptors (Lipinski definition) is 2. The van der Waals surface area contributed by atoms with E-state index in [0.29, 0.717) is 23.8 Å². The second-order valence-corrected chi connectivity index (χ2v) is 6.44. The van der Waals surface area contributed by atoms with Gasteiger partial charge in [0, 0.05) is 34.6 Å². The summed E-state index contributed by atoms with van der Waals surface area (Å²) >= 11 is 6.17. The molecule has 0 bridgehead atoms. The summed E-state index contributed by atoms with van der Waals surface area (Å²) in [5.74, 6) is -0.318. The van der Waals surface area contributed by atoms with Crippen molar-refractivity contribution in [1.82, 2.24) is 15.2 Å². The van der Waals surface area contributed by atoms with Crippen molar-refractivity contribution in [1.29, 1.82) is 0 Å². The molecule has 2 N–H and O–H groups in total. The topological polar surface area (TPSA) is 65.2 Å². The van der Waals surface area contributed by atoms with E-state index in [1.54, 1.807) is 11.0 Å². The first-order valence-electron chi connectivity index (χ1n) is 8.06. The van der Waals surface area contributed by atoms with E-state index >= 15 is 0 Å². The van der Waals surface area contributed by atoms with Crippen LogP contribution in [0.2, 0.25) is 5.02 Å². The maximum absolute atomic E-state index is 13.1. The standard InChI is InChI=1S/C19H16ClN3O2/c20-13-6-7-15-14(10-13)17(12-4-2-1-3-5-12)18(22-15)19(25)23-9-8-21-16(24)11-23/h1-7,10,22H,8-9,11H2,(H,21,24). The van der Waals surface area contributed by atoms with Gasteiger partial charge in [-0.25, -0.2) is 0 Å². The van der Waals surface area contributed by atoms with Gasteiger partial charge >= 0.3 is 0 Å². The summed E-state index contributed by atoms with van der Waals surface area (Å²) in [5.41, 5.74) is 3.07. The number of aromatic nitrogens is 1. The number of fused-ring (bicyclic) bond motifs is 1. The van der Waals surface area contributed by atoms with Gasteiger partial charge in [0.1, 0.15) is 5.69 Å². The van der Waals surface area contributed by atoms with E-state index in [-0.39, 0.29) is 18.4 Å². The Hall–Kier alpha value is -2.79. The highest BCUT2D eigenvalue weighted by molar-refractivity contribution is 6.31. The van der Waals surface area contributed by atoms with Crippen LogP contribution in [0.4, 0.5) is 0 Å². The number of amides is 2. The fourth-order valence-corrected chi connectivity index (χ4v) is 3.37. The zero-order chi connectivity index (χ0) is 17.4. The Kier molecular flexibility index (Phi) is 3.93. The molecule has 1 saturated heterocycles. The molecule has 5 nitrogen and oxygen atoms in total. The Morgan fingerprint density at radius 3 is 2.68 bits per heavy atom. The molecule has 6 heteroatoms. The summed E-state index contributed by atoms with van der Waals surface area (Å²) in [7, 11) is 0. The minimum Gasteiger partial charge on any atom is -0.353 e. The molecule has 1 fully saturated rings. The van der Waals surface area contributed by atoms with Crippen LogP contribution in [0.5, 0.6) is 0 Å². The third-order valence-electron chi connectivity index (χ3n) is 4.36. The van der Waals surface area contributed by atoms with Crippen LogP contribution in [0.3, 0.4) is 0 Å². The second-order valence-electron chi connectivity index (χ2n) is 6.01. The van der Waals surface area contributed by atoms with E-state index in [1.807, 2.05) is 42.5 Å². The molecule has 3 aromatic rings. The third kappa shape index (κ3) is 2.87. The van der Waals surface area contributed by atoms with Crippen molar-refractivity contribution in [3.8, 4) is 11.1 Å². The van der Waals surface area contributed by atoms with Crippen molar-refractivity contribution in [3.63, 3.8) is 0 Å². The lowest BCUT2D eigenvalue weighted by Gasteiger charge is -2.26. The molecule has 0 aliphatic carbocycles. The van der Waals surface area contributed by atoms with Crippen LogP contribution < -0.4 is 5.32 Å². The molecule has 0 spiro atoms. The number of nitrogens with zero attached hydrogens (tertiary/aromatic N) is 1. The highest BCUT2D eigenvalue weighted by Crippen LogP contribution is 2.34. The number of piperazine rings is 1. The summed E-state index contributed by atoms with van der Waals surface area (Å²) in [5, 5.41) is 4.24. The van der Waals surface area contributed by atoms with Gasteiger partial charge in [-0.05, 0) is 23.8 Å². The van der Waals surface area contributed by atoms with Gasteiger partial charge in [-0.2, -0.15) is 0 Å². The summed E-state index contributed by atoms with van der Waals surface area (Å²) in [6.45, 7) is 1.04. The van der Waals surface area contributed by atoms with Crippen LogP contribution in [-0.4, -0.2) is 41.3 Å². The number of hydrogen-bond donors (Lipinski definition) is 2. The first-order valence-corrected chi connectivity index (χ1v) is 8.44. The number of aromatic amines is 1. The third-order valence-corrected chi connectivity index (χ3v) is 4.60. The molecule has 1 aliphatic heterocycles. The molecule has 126 valence electrons. The van der Waals surface area contributed by atoms with Crippen molar-refractivity contribution < 1.29 is 9.59 Å². The van der Waals surface area contributed by atoms with E-state index in [4.69, 9.17) is 11.6 Å². The number of nitrogens with one attached hydrogen (secondary N) is 2. The van der Waals surface area contributed by atoms with E-state index in [2.05, 4.69) is 10.3 Å². The van der Waals surface area contributed by atoms with E-state index in [9.17, 15) is 9.59 Å². The maximum Gasteiger partial charge on any atom is 0.271 e. The minimum absolute atomic E-state index is 0.0726. The van der Waals surface area contributed by atoms with Gasteiger partial charge in [0.15, 0.2) is 0 Å². The maximum atomic E-state index is 13.1. The number of benzene rings is 2. The lowest BCUT2D eigenvalue weighted by molar-refractivity contribution is -0.123. The number of carbonyl (C=O) groups excluding carboxylic acids is 2. The molecule has 0 unspecified atom stereocenters. The second kappa shape index (κ2) is 6.26. The van der Waals surface area contributed by atoms with Crippen molar-refractivity contribution in [2.45, 2.75) is 0 Å². The Morgan fingerprint density at radius 1 is 1.12 bits per heavy atom. The Morgan fingerprint density at radius 2 is 1.92 bits per heavy atom. The highest BCUT2D eigenvalue weighted by atomic mass is 35.5.